The lowest BCUT2D eigenvalue weighted by Crippen LogP contribution is -2.40. The van der Waals surface area contributed by atoms with Crippen LogP contribution < -0.4 is 16.4 Å². The largest absolute Gasteiger partial charge is 0.370 e. The van der Waals surface area contributed by atoms with Crippen LogP contribution in [0.15, 0.2) is 12.3 Å². The zero-order valence-corrected chi connectivity index (χ0v) is 13.8. The summed E-state index contributed by atoms with van der Waals surface area (Å²) in [6, 6.07) is 2.11. The van der Waals surface area contributed by atoms with E-state index in [2.05, 4.69) is 15.7 Å². The molecule has 1 aliphatic heterocycles. The number of halogens is 1. The monoisotopic (exact) mass is 341 g/mol. The Morgan fingerprint density at radius 1 is 1.39 bits per heavy atom. The van der Waals surface area contributed by atoms with Crippen molar-refractivity contribution in [3.05, 3.63) is 12.3 Å². The van der Waals surface area contributed by atoms with Gasteiger partial charge in [0.05, 0.1) is 6.04 Å². The Morgan fingerprint density at radius 2 is 2.17 bits per heavy atom. The number of carbonyl (C=O) groups is 2. The van der Waals surface area contributed by atoms with Crippen molar-refractivity contribution in [2.24, 2.45) is 11.7 Å². The number of hydrogen-bond acceptors (Lipinski definition) is 4. The van der Waals surface area contributed by atoms with Gasteiger partial charge < -0.3 is 16.4 Å². The summed E-state index contributed by atoms with van der Waals surface area (Å²) in [5.41, 5.74) is 5.11. The number of amides is 2. The Hall–Kier alpha value is -1.60. The minimum atomic E-state index is -0.362. The third-order valence-electron chi connectivity index (χ3n) is 4.66. The second-order valence-electron chi connectivity index (χ2n) is 6.28. The van der Waals surface area contributed by atoms with Crippen LogP contribution >= 0.6 is 12.4 Å². The summed E-state index contributed by atoms with van der Waals surface area (Å²) < 4.78 is 1.61. The summed E-state index contributed by atoms with van der Waals surface area (Å²) in [4.78, 5) is 23.1. The molecule has 128 valence electrons. The quantitative estimate of drug-likeness (QED) is 0.744. The maximum Gasteiger partial charge on any atom is 0.242 e. The van der Waals surface area contributed by atoms with Crippen molar-refractivity contribution in [3.63, 3.8) is 0 Å². The lowest BCUT2D eigenvalue weighted by atomic mass is 9.85. The Morgan fingerprint density at radius 3 is 2.91 bits per heavy atom. The van der Waals surface area contributed by atoms with E-state index in [9.17, 15) is 9.59 Å². The summed E-state index contributed by atoms with van der Waals surface area (Å²) in [6.07, 6.45) is 7.83. The normalized spacial score (nSPS) is 26.2. The molecule has 1 saturated heterocycles. The van der Waals surface area contributed by atoms with E-state index in [4.69, 9.17) is 5.73 Å². The van der Waals surface area contributed by atoms with Gasteiger partial charge in [0.15, 0.2) is 5.82 Å². The Labute approximate surface area is 141 Å². The third kappa shape index (κ3) is 4.45. The van der Waals surface area contributed by atoms with E-state index in [1.165, 1.54) is 25.7 Å². The first-order chi connectivity index (χ1) is 10.6. The number of nitrogens with one attached hydrogen (secondary N) is 2. The molecular weight excluding hydrogens is 318 g/mol. The Bertz CT molecular complexity index is 548. The molecule has 0 radical (unpaired) electrons. The average molecular weight is 342 g/mol. The number of rotatable bonds is 5. The first-order valence-electron chi connectivity index (χ1n) is 8.00. The summed E-state index contributed by atoms with van der Waals surface area (Å²) in [7, 11) is 0. The van der Waals surface area contributed by atoms with Crippen LogP contribution in [0.2, 0.25) is 0 Å². The first-order valence-corrected chi connectivity index (χ1v) is 8.00. The van der Waals surface area contributed by atoms with Gasteiger partial charge in [-0.15, -0.1) is 12.4 Å². The van der Waals surface area contributed by atoms with Gasteiger partial charge in [-0.05, 0) is 25.2 Å². The van der Waals surface area contributed by atoms with Crippen LogP contribution in [0, 0.1) is 5.92 Å². The first kappa shape index (κ1) is 17.7. The molecule has 0 spiro atoms. The highest BCUT2D eigenvalue weighted by molar-refractivity contribution is 5.94. The van der Waals surface area contributed by atoms with Crippen molar-refractivity contribution in [2.45, 2.75) is 57.2 Å². The number of aromatic nitrogens is 2. The number of fused-ring (bicyclic) bond motifs is 1. The highest BCUT2D eigenvalue weighted by Gasteiger charge is 2.38. The molecule has 1 aliphatic carbocycles. The van der Waals surface area contributed by atoms with Gasteiger partial charge in [0, 0.05) is 31.3 Å². The second kappa shape index (κ2) is 7.79. The van der Waals surface area contributed by atoms with Gasteiger partial charge in [0.2, 0.25) is 11.8 Å². The van der Waals surface area contributed by atoms with E-state index in [1.54, 1.807) is 16.9 Å². The van der Waals surface area contributed by atoms with Crippen LogP contribution in [-0.2, 0) is 16.1 Å². The van der Waals surface area contributed by atoms with Crippen LogP contribution in [-0.4, -0.2) is 33.7 Å². The van der Waals surface area contributed by atoms with Gasteiger partial charge in [0.1, 0.15) is 0 Å². The maximum absolute atomic E-state index is 12.3. The highest BCUT2D eigenvalue weighted by Crippen LogP contribution is 2.33. The van der Waals surface area contributed by atoms with Crippen LogP contribution in [0.25, 0.3) is 0 Å². The molecule has 4 N–H and O–H groups in total. The third-order valence-corrected chi connectivity index (χ3v) is 4.66. The minimum absolute atomic E-state index is 0. The zero-order chi connectivity index (χ0) is 15.5. The fourth-order valence-corrected chi connectivity index (χ4v) is 3.51. The molecule has 0 bridgehead atoms. The topological polar surface area (TPSA) is 102 Å². The SMILES string of the molecule is Cl.NC(=O)CCn1ccc(NC(=O)C2CC3CCCCC3N2)n1. The van der Waals surface area contributed by atoms with E-state index < -0.39 is 0 Å². The number of hydrogen-bond donors (Lipinski definition) is 3. The highest BCUT2D eigenvalue weighted by atomic mass is 35.5. The summed E-state index contributed by atoms with van der Waals surface area (Å²) >= 11 is 0. The predicted octanol–water partition coefficient (Wildman–Crippen LogP) is 1.04. The molecule has 2 heterocycles. The van der Waals surface area contributed by atoms with Crippen molar-refractivity contribution in [2.75, 3.05) is 5.32 Å². The van der Waals surface area contributed by atoms with Gasteiger partial charge >= 0.3 is 0 Å². The van der Waals surface area contributed by atoms with E-state index in [1.807, 2.05) is 0 Å². The van der Waals surface area contributed by atoms with Gasteiger partial charge in [-0.25, -0.2) is 0 Å². The molecule has 2 amide bonds. The molecule has 23 heavy (non-hydrogen) atoms. The predicted molar refractivity (Wildman–Crippen MR) is 89.2 cm³/mol. The molecule has 3 atom stereocenters. The number of aryl methyl sites for hydroxylation is 1. The van der Waals surface area contributed by atoms with Crippen molar-refractivity contribution >= 4 is 30.0 Å². The second-order valence-corrected chi connectivity index (χ2v) is 6.28. The number of primary amides is 1. The van der Waals surface area contributed by atoms with E-state index >= 15 is 0 Å². The molecule has 1 aromatic rings. The fourth-order valence-electron chi connectivity index (χ4n) is 3.51. The number of anilines is 1. The van der Waals surface area contributed by atoms with E-state index in [0.29, 0.717) is 24.3 Å². The van der Waals surface area contributed by atoms with Crippen molar-refractivity contribution in [3.8, 4) is 0 Å². The van der Waals surface area contributed by atoms with Gasteiger partial charge in [0.25, 0.3) is 0 Å². The molecule has 7 nitrogen and oxygen atoms in total. The lowest BCUT2D eigenvalue weighted by molar-refractivity contribution is -0.119. The standard InChI is InChI=1S/C15H23N5O2.ClH/c16-13(21)5-7-20-8-6-14(19-20)18-15(22)12-9-10-3-1-2-4-11(10)17-12;/h6,8,10-12,17H,1-5,7,9H2,(H2,16,21)(H,18,19,22);1H. The van der Waals surface area contributed by atoms with Crippen molar-refractivity contribution < 1.29 is 9.59 Å². The van der Waals surface area contributed by atoms with E-state index in [-0.39, 0.29) is 36.7 Å². The fraction of sp³-hybridized carbons (Fsp3) is 0.667. The Kier molecular flexibility index (Phi) is 6.01. The summed E-state index contributed by atoms with van der Waals surface area (Å²) in [6.45, 7) is 0.428. The summed E-state index contributed by atoms with van der Waals surface area (Å²) in [5, 5.41) is 10.5. The molecule has 8 heteroatoms. The molecule has 1 saturated carbocycles. The smallest absolute Gasteiger partial charge is 0.242 e. The Balaban J connectivity index is 0.00000192. The molecule has 0 aromatic carbocycles. The average Bonchev–Trinajstić information content (AvgIpc) is 3.11. The molecule has 2 aliphatic rings. The molecule has 1 aromatic heterocycles. The van der Waals surface area contributed by atoms with Crippen molar-refractivity contribution in [1.82, 2.24) is 15.1 Å². The maximum atomic E-state index is 12.3. The van der Waals surface area contributed by atoms with Crippen LogP contribution in [0.1, 0.15) is 38.5 Å². The number of carbonyl (C=O) groups excluding carboxylic acids is 2. The number of nitrogens with zero attached hydrogens (tertiary/aromatic N) is 2. The van der Waals surface area contributed by atoms with Crippen molar-refractivity contribution in [1.29, 1.82) is 0 Å². The lowest BCUT2D eigenvalue weighted by Gasteiger charge is -2.24. The molecule has 2 fully saturated rings. The molecule has 3 unspecified atom stereocenters. The van der Waals surface area contributed by atoms with Gasteiger partial charge in [-0.3, -0.25) is 14.3 Å². The van der Waals surface area contributed by atoms with Gasteiger partial charge in [-0.2, -0.15) is 5.10 Å². The summed E-state index contributed by atoms with van der Waals surface area (Å²) in [5.74, 6) is 0.775. The zero-order valence-electron chi connectivity index (χ0n) is 13.0. The van der Waals surface area contributed by atoms with Crippen LogP contribution in [0.4, 0.5) is 5.82 Å². The van der Waals surface area contributed by atoms with Gasteiger partial charge in [-0.1, -0.05) is 12.8 Å². The number of nitrogens with two attached hydrogens (primary N) is 1. The van der Waals surface area contributed by atoms with Crippen LogP contribution in [0.5, 0.6) is 0 Å². The minimum Gasteiger partial charge on any atom is -0.370 e. The molecule has 3 rings (SSSR count). The van der Waals surface area contributed by atoms with Crippen LogP contribution in [0.3, 0.4) is 0 Å². The molecular formula is C15H24ClN5O2. The van der Waals surface area contributed by atoms with E-state index in [0.717, 1.165) is 6.42 Å².